The lowest BCUT2D eigenvalue weighted by Crippen LogP contribution is -2.25. The molecule has 0 bridgehead atoms. The van der Waals surface area contributed by atoms with E-state index in [-0.39, 0.29) is 5.56 Å². The smallest absolute Gasteiger partial charge is 0.262 e. The van der Waals surface area contributed by atoms with Gasteiger partial charge in [-0.25, -0.2) is 9.97 Å². The summed E-state index contributed by atoms with van der Waals surface area (Å²) in [5.74, 6) is 1.93. The molecule has 5 rings (SSSR count). The normalized spacial score (nSPS) is 13.8. The second kappa shape index (κ2) is 9.93. The molecule has 0 saturated carbocycles. The third-order valence-electron chi connectivity index (χ3n) is 6.00. The van der Waals surface area contributed by atoms with Gasteiger partial charge < -0.3 is 19.8 Å². The minimum Gasteiger partial charge on any atom is -0.496 e. The van der Waals surface area contributed by atoms with Gasteiger partial charge in [-0.15, -0.1) is 0 Å². The Kier molecular flexibility index (Phi) is 6.40. The first-order valence-electron chi connectivity index (χ1n) is 11.5. The van der Waals surface area contributed by atoms with Crippen molar-refractivity contribution in [3.8, 4) is 22.8 Å². The molecule has 8 heteroatoms. The number of aromatic nitrogens is 3. The summed E-state index contributed by atoms with van der Waals surface area (Å²) in [5, 5.41) is 3.68. The number of ether oxygens (including phenoxy) is 2. The van der Waals surface area contributed by atoms with E-state index in [9.17, 15) is 4.79 Å². The SMILES string of the molecule is COc1ccccc1-c1cc2nc[nH]c(=O)c2c(Nc2ccc(OCCN3CCCC3)cc2)n1. The number of hydrogen-bond acceptors (Lipinski definition) is 7. The molecule has 2 aromatic carbocycles. The summed E-state index contributed by atoms with van der Waals surface area (Å²) in [6, 6.07) is 17.1. The van der Waals surface area contributed by atoms with Crippen molar-refractivity contribution in [2.45, 2.75) is 12.8 Å². The van der Waals surface area contributed by atoms with E-state index in [1.54, 1.807) is 13.2 Å². The van der Waals surface area contributed by atoms with Gasteiger partial charge in [-0.2, -0.15) is 0 Å². The fraction of sp³-hybridized carbons (Fsp3) is 0.269. The molecule has 3 heterocycles. The van der Waals surface area contributed by atoms with E-state index in [0.29, 0.717) is 34.8 Å². The number of likely N-dealkylation sites (tertiary alicyclic amines) is 1. The number of fused-ring (bicyclic) bond motifs is 1. The Balaban J connectivity index is 1.41. The molecule has 0 radical (unpaired) electrons. The van der Waals surface area contributed by atoms with Crippen LogP contribution < -0.4 is 20.3 Å². The number of rotatable bonds is 8. The van der Waals surface area contributed by atoms with Crippen LogP contribution >= 0.6 is 0 Å². The zero-order valence-corrected chi connectivity index (χ0v) is 19.1. The van der Waals surface area contributed by atoms with Gasteiger partial charge in [-0.1, -0.05) is 12.1 Å². The first-order chi connectivity index (χ1) is 16.7. The van der Waals surface area contributed by atoms with Gasteiger partial charge in [0.25, 0.3) is 5.56 Å². The van der Waals surface area contributed by atoms with Gasteiger partial charge in [-0.3, -0.25) is 9.69 Å². The van der Waals surface area contributed by atoms with Crippen LogP contribution in [0.25, 0.3) is 22.2 Å². The van der Waals surface area contributed by atoms with Crippen molar-refractivity contribution in [1.82, 2.24) is 19.9 Å². The Morgan fingerprint density at radius 1 is 1.09 bits per heavy atom. The molecule has 0 unspecified atom stereocenters. The molecule has 174 valence electrons. The molecule has 1 aliphatic rings. The lowest BCUT2D eigenvalue weighted by molar-refractivity contribution is 0.238. The third kappa shape index (κ3) is 4.72. The Hall–Kier alpha value is -3.91. The van der Waals surface area contributed by atoms with E-state index < -0.39 is 0 Å². The molecule has 1 aliphatic heterocycles. The van der Waals surface area contributed by atoms with Gasteiger partial charge in [-0.05, 0) is 68.4 Å². The summed E-state index contributed by atoms with van der Waals surface area (Å²) in [6.07, 6.45) is 3.95. The predicted molar refractivity (Wildman–Crippen MR) is 133 cm³/mol. The summed E-state index contributed by atoms with van der Waals surface area (Å²) in [4.78, 5) is 26.8. The number of benzene rings is 2. The Bertz CT molecular complexity index is 1330. The van der Waals surface area contributed by atoms with Gasteiger partial charge >= 0.3 is 0 Å². The second-order valence-electron chi connectivity index (χ2n) is 8.23. The second-order valence-corrected chi connectivity index (χ2v) is 8.23. The van der Waals surface area contributed by atoms with Crippen molar-refractivity contribution in [3.63, 3.8) is 0 Å². The van der Waals surface area contributed by atoms with E-state index in [1.165, 1.54) is 19.2 Å². The van der Waals surface area contributed by atoms with Crippen molar-refractivity contribution in [2.24, 2.45) is 0 Å². The van der Waals surface area contributed by atoms with Gasteiger partial charge in [0.15, 0.2) is 0 Å². The van der Waals surface area contributed by atoms with Crippen molar-refractivity contribution in [2.75, 3.05) is 38.7 Å². The quantitative estimate of drug-likeness (QED) is 0.409. The standard InChI is InChI=1S/C26H27N5O3/c1-33-23-7-3-2-6-20(23)21-16-22-24(26(32)28-17-27-22)25(30-21)29-18-8-10-19(11-9-18)34-15-14-31-12-4-5-13-31/h2-3,6-11,16-17H,4-5,12-15H2,1H3,(H,29,30)(H,27,28,32). The maximum Gasteiger partial charge on any atom is 0.262 e. The van der Waals surface area contributed by atoms with Gasteiger partial charge in [0, 0.05) is 17.8 Å². The highest BCUT2D eigenvalue weighted by atomic mass is 16.5. The minimum atomic E-state index is -0.256. The number of methoxy groups -OCH3 is 1. The van der Waals surface area contributed by atoms with Crippen LogP contribution in [-0.4, -0.2) is 53.2 Å². The molecule has 1 saturated heterocycles. The monoisotopic (exact) mass is 457 g/mol. The first kappa shape index (κ1) is 21.9. The Morgan fingerprint density at radius 3 is 2.68 bits per heavy atom. The number of pyridine rings is 1. The van der Waals surface area contributed by atoms with Crippen LogP contribution in [-0.2, 0) is 0 Å². The minimum absolute atomic E-state index is 0.256. The van der Waals surface area contributed by atoms with E-state index in [4.69, 9.17) is 14.5 Å². The largest absolute Gasteiger partial charge is 0.496 e. The zero-order chi connectivity index (χ0) is 23.3. The van der Waals surface area contributed by atoms with Crippen LogP contribution in [0.1, 0.15) is 12.8 Å². The summed E-state index contributed by atoms with van der Waals surface area (Å²) < 4.78 is 11.4. The third-order valence-corrected chi connectivity index (χ3v) is 6.00. The van der Waals surface area contributed by atoms with Crippen LogP contribution in [0.3, 0.4) is 0 Å². The summed E-state index contributed by atoms with van der Waals surface area (Å²) >= 11 is 0. The summed E-state index contributed by atoms with van der Waals surface area (Å²) in [5.41, 5.74) is 2.56. The molecular weight excluding hydrogens is 430 g/mol. The molecule has 2 N–H and O–H groups in total. The average Bonchev–Trinajstić information content (AvgIpc) is 3.38. The fourth-order valence-electron chi connectivity index (χ4n) is 4.24. The lowest BCUT2D eigenvalue weighted by atomic mass is 10.1. The van der Waals surface area contributed by atoms with Crippen LogP contribution in [0.2, 0.25) is 0 Å². The van der Waals surface area contributed by atoms with Gasteiger partial charge in [0.2, 0.25) is 0 Å². The molecule has 2 aromatic heterocycles. The number of H-pyrrole nitrogens is 1. The topological polar surface area (TPSA) is 92.4 Å². The number of para-hydroxylation sites is 1. The van der Waals surface area contributed by atoms with E-state index >= 15 is 0 Å². The Morgan fingerprint density at radius 2 is 1.88 bits per heavy atom. The molecule has 4 aromatic rings. The number of hydrogen-bond donors (Lipinski definition) is 2. The average molecular weight is 458 g/mol. The maximum absolute atomic E-state index is 12.6. The van der Waals surface area contributed by atoms with Crippen molar-refractivity contribution >= 4 is 22.4 Å². The summed E-state index contributed by atoms with van der Waals surface area (Å²) in [7, 11) is 1.62. The molecule has 34 heavy (non-hydrogen) atoms. The molecule has 0 atom stereocenters. The predicted octanol–water partition coefficient (Wildman–Crippen LogP) is 4.21. The summed E-state index contributed by atoms with van der Waals surface area (Å²) in [6.45, 7) is 3.94. The van der Waals surface area contributed by atoms with Crippen molar-refractivity contribution in [3.05, 3.63) is 71.3 Å². The maximum atomic E-state index is 12.6. The van der Waals surface area contributed by atoms with Crippen molar-refractivity contribution < 1.29 is 9.47 Å². The van der Waals surface area contributed by atoms with Crippen LogP contribution in [0, 0.1) is 0 Å². The number of aromatic amines is 1. The van der Waals surface area contributed by atoms with Crippen molar-refractivity contribution in [1.29, 1.82) is 0 Å². The number of anilines is 2. The first-order valence-corrected chi connectivity index (χ1v) is 11.5. The van der Waals surface area contributed by atoms with Crippen LogP contribution in [0.4, 0.5) is 11.5 Å². The number of nitrogens with zero attached hydrogens (tertiary/aromatic N) is 3. The van der Waals surface area contributed by atoms with Crippen LogP contribution in [0.5, 0.6) is 11.5 Å². The molecule has 0 spiro atoms. The van der Waals surface area contributed by atoms with Gasteiger partial charge in [0.05, 0.1) is 24.6 Å². The fourth-order valence-corrected chi connectivity index (χ4v) is 4.24. The van der Waals surface area contributed by atoms with E-state index in [1.807, 2.05) is 48.5 Å². The van der Waals surface area contributed by atoms with Gasteiger partial charge in [0.1, 0.15) is 29.3 Å². The highest BCUT2D eigenvalue weighted by molar-refractivity contribution is 5.93. The lowest BCUT2D eigenvalue weighted by Gasteiger charge is -2.15. The molecule has 1 fully saturated rings. The molecule has 8 nitrogen and oxygen atoms in total. The van der Waals surface area contributed by atoms with E-state index in [0.717, 1.165) is 36.6 Å². The highest BCUT2D eigenvalue weighted by Gasteiger charge is 2.15. The zero-order valence-electron chi connectivity index (χ0n) is 19.1. The Labute approximate surface area is 197 Å². The van der Waals surface area contributed by atoms with E-state index in [2.05, 4.69) is 20.2 Å². The molecular formula is C26H27N5O3. The molecule has 0 aliphatic carbocycles. The number of nitrogens with one attached hydrogen (secondary N) is 2. The molecule has 0 amide bonds. The highest BCUT2D eigenvalue weighted by Crippen LogP contribution is 2.32. The van der Waals surface area contributed by atoms with Crippen LogP contribution in [0.15, 0.2) is 65.7 Å².